The highest BCUT2D eigenvalue weighted by atomic mass is 79.9. The van der Waals surface area contributed by atoms with Gasteiger partial charge in [-0.3, -0.25) is 0 Å². The molecular formula is C15H25BrN2O2S. The van der Waals surface area contributed by atoms with Gasteiger partial charge < -0.3 is 15.4 Å². The zero-order valence-electron chi connectivity index (χ0n) is 13.3. The molecule has 0 fully saturated rings. The van der Waals surface area contributed by atoms with E-state index >= 15 is 0 Å². The molecule has 1 amide bonds. The van der Waals surface area contributed by atoms with E-state index in [4.69, 9.17) is 4.74 Å². The number of alkyl carbamates (subject to hydrolysis) is 1. The Balaban J connectivity index is 2.26. The maximum Gasteiger partial charge on any atom is 0.407 e. The number of thiophene rings is 1. The number of amides is 1. The highest BCUT2D eigenvalue weighted by Gasteiger charge is 2.17. The molecule has 120 valence electrons. The van der Waals surface area contributed by atoms with Crippen LogP contribution in [0.25, 0.3) is 0 Å². The van der Waals surface area contributed by atoms with Crippen LogP contribution in [0.2, 0.25) is 0 Å². The van der Waals surface area contributed by atoms with Crippen molar-refractivity contribution in [3.05, 3.63) is 20.8 Å². The molecule has 6 heteroatoms. The molecule has 0 bridgehead atoms. The van der Waals surface area contributed by atoms with Gasteiger partial charge in [0.2, 0.25) is 0 Å². The molecule has 2 N–H and O–H groups in total. The van der Waals surface area contributed by atoms with Crippen LogP contribution >= 0.6 is 27.3 Å². The van der Waals surface area contributed by atoms with E-state index in [-0.39, 0.29) is 12.1 Å². The number of hydrogen-bond acceptors (Lipinski definition) is 4. The predicted molar refractivity (Wildman–Crippen MR) is 91.9 cm³/mol. The summed E-state index contributed by atoms with van der Waals surface area (Å²) >= 11 is 5.28. The topological polar surface area (TPSA) is 50.4 Å². The Hall–Kier alpha value is -0.590. The van der Waals surface area contributed by atoms with Gasteiger partial charge in [0.25, 0.3) is 0 Å². The average Bonchev–Trinajstić information content (AvgIpc) is 2.72. The van der Waals surface area contributed by atoms with Gasteiger partial charge in [-0.05, 0) is 75.0 Å². The van der Waals surface area contributed by atoms with Crippen LogP contribution in [0.15, 0.2) is 15.9 Å². The maximum absolute atomic E-state index is 11.6. The smallest absolute Gasteiger partial charge is 0.407 e. The van der Waals surface area contributed by atoms with Crippen molar-refractivity contribution in [3.63, 3.8) is 0 Å². The molecule has 0 aromatic carbocycles. The summed E-state index contributed by atoms with van der Waals surface area (Å²) in [4.78, 5) is 12.9. The van der Waals surface area contributed by atoms with Crippen LogP contribution in [0, 0.1) is 0 Å². The van der Waals surface area contributed by atoms with E-state index < -0.39 is 5.60 Å². The fourth-order valence-electron chi connectivity index (χ4n) is 1.80. The summed E-state index contributed by atoms with van der Waals surface area (Å²) in [6.45, 7) is 10.5. The van der Waals surface area contributed by atoms with Gasteiger partial charge in [-0.15, -0.1) is 11.3 Å². The Morgan fingerprint density at radius 1 is 1.43 bits per heavy atom. The second-order valence-electron chi connectivity index (χ2n) is 6.14. The zero-order valence-corrected chi connectivity index (χ0v) is 15.7. The number of ether oxygens (including phenoxy) is 1. The number of halogens is 1. The third-order valence-electron chi connectivity index (χ3n) is 2.83. The van der Waals surface area contributed by atoms with Crippen LogP contribution < -0.4 is 10.6 Å². The van der Waals surface area contributed by atoms with Crippen molar-refractivity contribution < 1.29 is 9.53 Å². The van der Waals surface area contributed by atoms with Crippen molar-refractivity contribution in [1.82, 2.24) is 10.6 Å². The van der Waals surface area contributed by atoms with Crippen LogP contribution in [-0.4, -0.2) is 24.3 Å². The third kappa shape index (κ3) is 7.29. The Bertz CT molecular complexity index is 457. The van der Waals surface area contributed by atoms with Gasteiger partial charge in [-0.1, -0.05) is 0 Å². The number of carbonyl (C=O) groups is 1. The van der Waals surface area contributed by atoms with Gasteiger partial charge in [-0.2, -0.15) is 0 Å². The Morgan fingerprint density at radius 2 is 2.10 bits per heavy atom. The number of rotatable bonds is 6. The first-order valence-electron chi connectivity index (χ1n) is 7.15. The van der Waals surface area contributed by atoms with E-state index in [1.165, 1.54) is 4.88 Å². The molecule has 0 aliphatic rings. The lowest BCUT2D eigenvalue weighted by Crippen LogP contribution is -2.39. The molecule has 0 spiro atoms. The fraction of sp³-hybridized carbons (Fsp3) is 0.667. The Morgan fingerprint density at radius 3 is 2.62 bits per heavy atom. The van der Waals surface area contributed by atoms with Crippen molar-refractivity contribution in [2.75, 3.05) is 6.54 Å². The highest BCUT2D eigenvalue weighted by Crippen LogP contribution is 2.28. The van der Waals surface area contributed by atoms with Gasteiger partial charge in [-0.25, -0.2) is 4.79 Å². The summed E-state index contributed by atoms with van der Waals surface area (Å²) in [5, 5.41) is 8.39. The standard InChI is InChI=1S/C15H25BrN2O2S/c1-10(18-14(19)20-15(3,4)5)6-8-17-11(2)13-12(16)7-9-21-13/h7,9-11,17H,6,8H2,1-5H3,(H,18,19). The summed E-state index contributed by atoms with van der Waals surface area (Å²) in [7, 11) is 0. The summed E-state index contributed by atoms with van der Waals surface area (Å²) < 4.78 is 6.38. The highest BCUT2D eigenvalue weighted by molar-refractivity contribution is 9.10. The van der Waals surface area contributed by atoms with Crippen LogP contribution in [-0.2, 0) is 4.74 Å². The van der Waals surface area contributed by atoms with Crippen molar-refractivity contribution in [3.8, 4) is 0 Å². The summed E-state index contributed by atoms with van der Waals surface area (Å²) in [5.74, 6) is 0. The minimum atomic E-state index is -0.456. The van der Waals surface area contributed by atoms with Crippen LogP contribution in [0.3, 0.4) is 0 Å². The van der Waals surface area contributed by atoms with E-state index in [0.29, 0.717) is 6.04 Å². The summed E-state index contributed by atoms with van der Waals surface area (Å²) in [6.07, 6.45) is 0.496. The minimum Gasteiger partial charge on any atom is -0.444 e. The van der Waals surface area contributed by atoms with Crippen molar-refractivity contribution >= 4 is 33.4 Å². The molecule has 4 nitrogen and oxygen atoms in total. The van der Waals surface area contributed by atoms with Crippen LogP contribution in [0.5, 0.6) is 0 Å². The van der Waals surface area contributed by atoms with E-state index in [2.05, 4.69) is 44.9 Å². The quantitative estimate of drug-likeness (QED) is 0.769. The molecule has 0 saturated heterocycles. The van der Waals surface area contributed by atoms with Crippen molar-refractivity contribution in [2.45, 2.75) is 58.7 Å². The maximum atomic E-state index is 11.6. The summed E-state index contributed by atoms with van der Waals surface area (Å²) in [6, 6.07) is 2.43. The second-order valence-corrected chi connectivity index (χ2v) is 7.95. The summed E-state index contributed by atoms with van der Waals surface area (Å²) in [5.41, 5.74) is -0.456. The first kappa shape index (κ1) is 18.5. The molecule has 0 saturated carbocycles. The monoisotopic (exact) mass is 376 g/mol. The number of carbonyl (C=O) groups excluding carboxylic acids is 1. The molecule has 0 radical (unpaired) electrons. The lowest BCUT2D eigenvalue weighted by atomic mass is 10.2. The number of nitrogens with one attached hydrogen (secondary N) is 2. The van der Waals surface area contributed by atoms with E-state index in [0.717, 1.165) is 17.4 Å². The second kappa shape index (κ2) is 8.15. The Kier molecular flexibility index (Phi) is 7.16. The van der Waals surface area contributed by atoms with Gasteiger partial charge in [0.15, 0.2) is 0 Å². The molecule has 2 unspecified atom stereocenters. The molecule has 0 aliphatic carbocycles. The molecule has 1 rings (SSSR count). The van der Waals surface area contributed by atoms with E-state index in [9.17, 15) is 4.79 Å². The van der Waals surface area contributed by atoms with Gasteiger partial charge in [0, 0.05) is 21.4 Å². The van der Waals surface area contributed by atoms with E-state index in [1.807, 2.05) is 27.7 Å². The zero-order chi connectivity index (χ0) is 16.0. The number of hydrogen-bond donors (Lipinski definition) is 2. The minimum absolute atomic E-state index is 0.0753. The lowest BCUT2D eigenvalue weighted by Gasteiger charge is -2.22. The SMILES string of the molecule is CC(CCNC(C)c1sccc1Br)NC(=O)OC(C)(C)C. The van der Waals surface area contributed by atoms with E-state index in [1.54, 1.807) is 11.3 Å². The third-order valence-corrected chi connectivity index (χ3v) is 4.88. The van der Waals surface area contributed by atoms with Gasteiger partial charge >= 0.3 is 6.09 Å². The molecule has 1 aromatic heterocycles. The van der Waals surface area contributed by atoms with Crippen molar-refractivity contribution in [2.24, 2.45) is 0 Å². The molecule has 2 atom stereocenters. The lowest BCUT2D eigenvalue weighted by molar-refractivity contribution is 0.0506. The average molecular weight is 377 g/mol. The molecule has 0 aliphatic heterocycles. The van der Waals surface area contributed by atoms with Crippen LogP contribution in [0.4, 0.5) is 4.79 Å². The molecule has 21 heavy (non-hydrogen) atoms. The predicted octanol–water partition coefficient (Wildman–Crippen LogP) is 4.46. The molecular weight excluding hydrogens is 352 g/mol. The molecule has 1 heterocycles. The Labute approximate surface area is 139 Å². The fourth-order valence-corrected chi connectivity index (χ4v) is 3.55. The first-order valence-corrected chi connectivity index (χ1v) is 8.82. The van der Waals surface area contributed by atoms with Crippen molar-refractivity contribution in [1.29, 1.82) is 0 Å². The van der Waals surface area contributed by atoms with Crippen LogP contribution in [0.1, 0.15) is 52.0 Å². The van der Waals surface area contributed by atoms with Gasteiger partial charge in [0.1, 0.15) is 5.60 Å². The molecule has 1 aromatic rings. The largest absolute Gasteiger partial charge is 0.444 e. The first-order chi connectivity index (χ1) is 9.69. The van der Waals surface area contributed by atoms with Gasteiger partial charge in [0.05, 0.1) is 0 Å². The normalized spacial score (nSPS) is 14.6.